The van der Waals surface area contributed by atoms with E-state index in [9.17, 15) is 23.3 Å². The number of ether oxygens (including phenoxy) is 3. The topological polar surface area (TPSA) is 150 Å². The lowest BCUT2D eigenvalue weighted by atomic mass is 10.2. The molecule has 0 spiro atoms. The number of benzene rings is 4. The SMILES string of the molecule is COc1ccc(S(=O)(=O)N(CC(=O)N/N=C\c2ccc(OCc3ccc([N+](=O)[O-])cc3)cc2)c2ccccc2OC)cc1. The highest BCUT2D eigenvalue weighted by atomic mass is 32.2. The van der Waals surface area contributed by atoms with Crippen molar-refractivity contribution in [3.05, 3.63) is 118 Å². The molecule has 4 aromatic rings. The van der Waals surface area contributed by atoms with Crippen molar-refractivity contribution in [3.63, 3.8) is 0 Å². The molecule has 0 aliphatic heterocycles. The first-order valence-electron chi connectivity index (χ1n) is 12.8. The van der Waals surface area contributed by atoms with Crippen molar-refractivity contribution >= 4 is 33.5 Å². The number of amides is 1. The predicted octanol–water partition coefficient (Wildman–Crippen LogP) is 4.54. The second-order valence-corrected chi connectivity index (χ2v) is 10.8. The number of rotatable bonds is 13. The Labute approximate surface area is 248 Å². The third-order valence-electron chi connectivity index (χ3n) is 6.12. The van der Waals surface area contributed by atoms with Gasteiger partial charge in [0, 0.05) is 12.1 Å². The quantitative estimate of drug-likeness (QED) is 0.133. The molecule has 4 aromatic carbocycles. The van der Waals surface area contributed by atoms with E-state index in [1.165, 1.54) is 56.8 Å². The maximum absolute atomic E-state index is 13.6. The van der Waals surface area contributed by atoms with Gasteiger partial charge in [-0.2, -0.15) is 5.10 Å². The summed E-state index contributed by atoms with van der Waals surface area (Å²) in [5.41, 5.74) is 3.98. The number of non-ortho nitro benzene ring substituents is 1. The summed E-state index contributed by atoms with van der Waals surface area (Å²) in [6.45, 7) is -0.342. The Balaban J connectivity index is 1.41. The molecule has 0 radical (unpaired) electrons. The number of nitrogens with one attached hydrogen (secondary N) is 1. The van der Waals surface area contributed by atoms with Gasteiger partial charge in [0.1, 0.15) is 30.4 Å². The van der Waals surface area contributed by atoms with Crippen LogP contribution in [0.1, 0.15) is 11.1 Å². The van der Waals surface area contributed by atoms with Gasteiger partial charge in [0.2, 0.25) is 0 Å². The van der Waals surface area contributed by atoms with E-state index in [0.717, 1.165) is 9.87 Å². The lowest BCUT2D eigenvalue weighted by Gasteiger charge is -2.25. The lowest BCUT2D eigenvalue weighted by Crippen LogP contribution is -2.39. The van der Waals surface area contributed by atoms with Crippen molar-refractivity contribution in [3.8, 4) is 17.2 Å². The van der Waals surface area contributed by atoms with Gasteiger partial charge >= 0.3 is 0 Å². The fourth-order valence-corrected chi connectivity index (χ4v) is 5.32. The molecule has 1 N–H and O–H groups in total. The van der Waals surface area contributed by atoms with E-state index in [-0.39, 0.29) is 28.6 Å². The third-order valence-corrected chi connectivity index (χ3v) is 7.90. The molecule has 0 aliphatic carbocycles. The van der Waals surface area contributed by atoms with Crippen molar-refractivity contribution in [2.45, 2.75) is 11.5 Å². The summed E-state index contributed by atoms with van der Waals surface area (Å²) in [7, 11) is -1.29. The van der Waals surface area contributed by atoms with Gasteiger partial charge in [-0.15, -0.1) is 0 Å². The molecule has 12 nitrogen and oxygen atoms in total. The van der Waals surface area contributed by atoms with E-state index in [2.05, 4.69) is 10.5 Å². The minimum atomic E-state index is -4.18. The molecule has 0 bridgehead atoms. The second-order valence-electron chi connectivity index (χ2n) is 8.93. The summed E-state index contributed by atoms with van der Waals surface area (Å²) in [6.07, 6.45) is 1.41. The zero-order valence-corrected chi connectivity index (χ0v) is 24.1. The van der Waals surface area contributed by atoms with Crippen molar-refractivity contribution in [1.29, 1.82) is 0 Å². The highest BCUT2D eigenvalue weighted by Crippen LogP contribution is 2.32. The molecule has 0 unspecified atom stereocenters. The molecular formula is C30H28N4O8S. The summed E-state index contributed by atoms with van der Waals surface area (Å²) in [6, 6.07) is 25.2. The number of carbonyl (C=O) groups excluding carboxylic acids is 1. The fraction of sp³-hybridized carbons (Fsp3) is 0.133. The van der Waals surface area contributed by atoms with Gasteiger partial charge in [-0.3, -0.25) is 19.2 Å². The number of hydrazone groups is 1. The summed E-state index contributed by atoms with van der Waals surface area (Å²) >= 11 is 0. The minimum absolute atomic E-state index is 0.00541. The van der Waals surface area contributed by atoms with Crippen molar-refractivity contribution in [1.82, 2.24) is 5.43 Å². The van der Waals surface area contributed by atoms with Crippen LogP contribution in [0.15, 0.2) is 107 Å². The zero-order valence-electron chi connectivity index (χ0n) is 23.2. The maximum Gasteiger partial charge on any atom is 0.269 e. The molecule has 0 aliphatic rings. The largest absolute Gasteiger partial charge is 0.497 e. The number of para-hydroxylation sites is 2. The van der Waals surface area contributed by atoms with E-state index in [1.807, 2.05) is 0 Å². The van der Waals surface area contributed by atoms with Crippen LogP contribution >= 0.6 is 0 Å². The number of nitrogens with zero attached hydrogens (tertiary/aromatic N) is 3. The number of carbonyl (C=O) groups is 1. The molecule has 0 fully saturated rings. The van der Waals surface area contributed by atoms with Crippen LogP contribution in [0.5, 0.6) is 17.2 Å². The van der Waals surface area contributed by atoms with Crippen LogP contribution in [0.4, 0.5) is 11.4 Å². The molecule has 43 heavy (non-hydrogen) atoms. The number of hydrogen-bond donors (Lipinski definition) is 1. The molecule has 222 valence electrons. The number of nitro benzene ring substituents is 1. The predicted molar refractivity (Wildman–Crippen MR) is 160 cm³/mol. The van der Waals surface area contributed by atoms with Crippen LogP contribution in [-0.4, -0.2) is 46.2 Å². The average molecular weight is 605 g/mol. The normalized spacial score (nSPS) is 11.1. The monoisotopic (exact) mass is 604 g/mol. The van der Waals surface area contributed by atoms with Crippen LogP contribution in [0.25, 0.3) is 0 Å². The number of anilines is 1. The summed E-state index contributed by atoms with van der Waals surface area (Å²) in [5.74, 6) is 0.642. The number of hydrogen-bond acceptors (Lipinski definition) is 9. The van der Waals surface area contributed by atoms with Gasteiger partial charge in [0.05, 0.1) is 35.9 Å². The Morgan fingerprint density at radius 1 is 0.907 bits per heavy atom. The molecule has 0 heterocycles. The van der Waals surface area contributed by atoms with Crippen molar-refractivity contribution in [2.24, 2.45) is 5.10 Å². The van der Waals surface area contributed by atoms with Crippen molar-refractivity contribution < 1.29 is 32.3 Å². The Hall–Kier alpha value is -5.43. The molecule has 0 saturated heterocycles. The molecule has 1 amide bonds. The third kappa shape index (κ3) is 7.86. The van der Waals surface area contributed by atoms with Gasteiger partial charge < -0.3 is 14.2 Å². The second kappa shape index (κ2) is 14.0. The smallest absolute Gasteiger partial charge is 0.269 e. The van der Waals surface area contributed by atoms with Crippen LogP contribution in [0, 0.1) is 10.1 Å². The van der Waals surface area contributed by atoms with E-state index in [4.69, 9.17) is 14.2 Å². The van der Waals surface area contributed by atoms with Crippen LogP contribution in [-0.2, 0) is 21.4 Å². The number of sulfonamides is 1. The molecule has 0 atom stereocenters. The number of methoxy groups -OCH3 is 2. The summed E-state index contributed by atoms with van der Waals surface area (Å²) < 4.78 is 44.4. The summed E-state index contributed by atoms with van der Waals surface area (Å²) in [4.78, 5) is 23.2. The van der Waals surface area contributed by atoms with E-state index in [0.29, 0.717) is 17.1 Å². The summed E-state index contributed by atoms with van der Waals surface area (Å²) in [5, 5.41) is 14.7. The van der Waals surface area contributed by atoms with Gasteiger partial charge in [0.25, 0.3) is 21.6 Å². The molecule has 4 rings (SSSR count). The average Bonchev–Trinajstić information content (AvgIpc) is 3.03. The fourth-order valence-electron chi connectivity index (χ4n) is 3.89. The van der Waals surface area contributed by atoms with E-state index in [1.54, 1.807) is 60.7 Å². The first-order chi connectivity index (χ1) is 20.7. The Bertz CT molecular complexity index is 1690. The standard InChI is InChI=1S/C30H28N4O8S/c1-40-25-15-17-27(18-16-25)43(38,39)33(28-5-3-4-6-29(28)41-2)20-30(35)32-31-19-22-9-13-26(14-10-22)42-21-23-7-11-24(12-8-23)34(36)37/h3-19H,20-21H2,1-2H3,(H,32,35)/b31-19-. The van der Waals surface area contributed by atoms with Crippen molar-refractivity contribution in [2.75, 3.05) is 25.1 Å². The molecule has 0 saturated carbocycles. The minimum Gasteiger partial charge on any atom is -0.497 e. The lowest BCUT2D eigenvalue weighted by molar-refractivity contribution is -0.384. The highest BCUT2D eigenvalue weighted by Gasteiger charge is 2.29. The molecule has 0 aromatic heterocycles. The van der Waals surface area contributed by atoms with E-state index < -0.39 is 27.4 Å². The van der Waals surface area contributed by atoms with Gasteiger partial charge in [-0.1, -0.05) is 12.1 Å². The van der Waals surface area contributed by atoms with Gasteiger partial charge in [-0.25, -0.2) is 13.8 Å². The maximum atomic E-state index is 13.6. The zero-order chi connectivity index (χ0) is 30.8. The Morgan fingerprint density at radius 3 is 2.19 bits per heavy atom. The van der Waals surface area contributed by atoms with Crippen LogP contribution < -0.4 is 23.9 Å². The Morgan fingerprint density at radius 2 is 1.56 bits per heavy atom. The number of nitro groups is 1. The Kier molecular flexibility index (Phi) is 9.91. The van der Waals surface area contributed by atoms with Gasteiger partial charge in [0.15, 0.2) is 0 Å². The molecule has 13 heteroatoms. The molecular weight excluding hydrogens is 576 g/mol. The van der Waals surface area contributed by atoms with Crippen LogP contribution in [0.2, 0.25) is 0 Å². The first kappa shape index (κ1) is 30.5. The van der Waals surface area contributed by atoms with Crippen LogP contribution in [0.3, 0.4) is 0 Å². The highest BCUT2D eigenvalue weighted by molar-refractivity contribution is 7.92. The first-order valence-corrected chi connectivity index (χ1v) is 14.2. The van der Waals surface area contributed by atoms with Gasteiger partial charge in [-0.05, 0) is 83.9 Å². The van der Waals surface area contributed by atoms with E-state index >= 15 is 0 Å².